The van der Waals surface area contributed by atoms with Crippen molar-refractivity contribution in [2.24, 2.45) is 0 Å². The monoisotopic (exact) mass is 268 g/mol. The lowest BCUT2D eigenvalue weighted by Gasteiger charge is -2.14. The molecule has 0 radical (unpaired) electrons. The maximum atomic E-state index is 10.7. The summed E-state index contributed by atoms with van der Waals surface area (Å²) in [5.41, 5.74) is 3.35. The number of aliphatic hydroxyl groups is 1. The molecule has 0 saturated carbocycles. The Bertz CT molecular complexity index is 743. The first-order chi connectivity index (χ1) is 9.70. The van der Waals surface area contributed by atoms with Crippen LogP contribution in [-0.2, 0) is 0 Å². The zero-order valence-electron chi connectivity index (χ0n) is 11.5. The summed E-state index contributed by atoms with van der Waals surface area (Å²) in [7, 11) is 1.61. The molecule has 3 aromatic rings. The molecule has 0 fully saturated rings. The van der Waals surface area contributed by atoms with Crippen molar-refractivity contribution in [2.45, 2.75) is 13.0 Å². The van der Waals surface area contributed by atoms with Gasteiger partial charge in [0, 0.05) is 16.5 Å². The van der Waals surface area contributed by atoms with Gasteiger partial charge in [0.15, 0.2) is 0 Å². The molecule has 1 aromatic heterocycles. The number of fused-ring (bicyclic) bond motifs is 1. The lowest BCUT2D eigenvalue weighted by Crippen LogP contribution is -2.02. The van der Waals surface area contributed by atoms with E-state index in [1.54, 1.807) is 13.4 Å². The predicted octanol–water partition coefficient (Wildman–Crippen LogP) is 3.83. The van der Waals surface area contributed by atoms with Gasteiger partial charge >= 0.3 is 0 Å². The molecule has 0 spiro atoms. The molecule has 1 unspecified atom stereocenters. The van der Waals surface area contributed by atoms with E-state index >= 15 is 0 Å². The summed E-state index contributed by atoms with van der Waals surface area (Å²) in [5.74, 6) is 0.674. The predicted molar refractivity (Wildman–Crippen MR) is 78.0 cm³/mol. The Morgan fingerprint density at radius 2 is 1.90 bits per heavy atom. The van der Waals surface area contributed by atoms with Crippen molar-refractivity contribution < 1.29 is 14.3 Å². The van der Waals surface area contributed by atoms with Gasteiger partial charge in [0.2, 0.25) is 0 Å². The number of hydrogen-bond donors (Lipinski definition) is 1. The highest BCUT2D eigenvalue weighted by Crippen LogP contribution is 2.35. The smallest absolute Gasteiger partial charge is 0.134 e. The average Bonchev–Trinajstić information content (AvgIpc) is 2.90. The second-order valence-corrected chi connectivity index (χ2v) is 4.84. The molecule has 102 valence electrons. The van der Waals surface area contributed by atoms with Crippen molar-refractivity contribution >= 4 is 11.0 Å². The van der Waals surface area contributed by atoms with Gasteiger partial charge in [-0.3, -0.25) is 0 Å². The standard InChI is InChI=1S/C17H16O3/c1-11-7-8-15(19-2)13(9-11)17(18)14-10-20-16-6-4-3-5-12(14)16/h3-10,17-18H,1-2H3. The number of ether oxygens (including phenoxy) is 1. The van der Waals surface area contributed by atoms with E-state index in [2.05, 4.69) is 0 Å². The zero-order chi connectivity index (χ0) is 14.1. The molecule has 3 nitrogen and oxygen atoms in total. The third kappa shape index (κ3) is 2.06. The van der Waals surface area contributed by atoms with Gasteiger partial charge in [-0.1, -0.05) is 29.8 Å². The van der Waals surface area contributed by atoms with Gasteiger partial charge < -0.3 is 14.3 Å². The van der Waals surface area contributed by atoms with Gasteiger partial charge in [-0.15, -0.1) is 0 Å². The van der Waals surface area contributed by atoms with Crippen LogP contribution in [0.25, 0.3) is 11.0 Å². The Hall–Kier alpha value is -2.26. The van der Waals surface area contributed by atoms with Crippen LogP contribution in [0, 0.1) is 6.92 Å². The van der Waals surface area contributed by atoms with Crippen LogP contribution in [-0.4, -0.2) is 12.2 Å². The van der Waals surface area contributed by atoms with Crippen molar-refractivity contribution in [3.63, 3.8) is 0 Å². The molecule has 0 aliphatic rings. The quantitative estimate of drug-likeness (QED) is 0.785. The highest BCUT2D eigenvalue weighted by Gasteiger charge is 2.19. The summed E-state index contributed by atoms with van der Waals surface area (Å²) >= 11 is 0. The lowest BCUT2D eigenvalue weighted by atomic mass is 9.98. The second-order valence-electron chi connectivity index (χ2n) is 4.84. The van der Waals surface area contributed by atoms with Crippen molar-refractivity contribution in [2.75, 3.05) is 7.11 Å². The maximum absolute atomic E-state index is 10.7. The van der Waals surface area contributed by atoms with E-state index in [1.165, 1.54) is 0 Å². The van der Waals surface area contributed by atoms with Gasteiger partial charge in [-0.05, 0) is 25.1 Å². The van der Waals surface area contributed by atoms with E-state index in [9.17, 15) is 5.11 Å². The molecule has 1 N–H and O–H groups in total. The lowest BCUT2D eigenvalue weighted by molar-refractivity contribution is 0.215. The third-order valence-electron chi connectivity index (χ3n) is 3.49. The molecular formula is C17H16O3. The molecular weight excluding hydrogens is 252 g/mol. The molecule has 0 saturated heterocycles. The number of para-hydroxylation sites is 1. The summed E-state index contributed by atoms with van der Waals surface area (Å²) in [6.07, 6.45) is 0.838. The van der Waals surface area contributed by atoms with E-state index < -0.39 is 6.10 Å². The Labute approximate surface area is 117 Å². The first kappa shape index (κ1) is 12.8. The molecule has 1 atom stereocenters. The Morgan fingerprint density at radius 3 is 2.70 bits per heavy atom. The number of hydrogen-bond acceptors (Lipinski definition) is 3. The number of furan rings is 1. The fourth-order valence-electron chi connectivity index (χ4n) is 2.45. The average molecular weight is 268 g/mol. The van der Waals surface area contributed by atoms with Gasteiger partial charge in [0.25, 0.3) is 0 Å². The van der Waals surface area contributed by atoms with Crippen LogP contribution in [0.2, 0.25) is 0 Å². The van der Waals surface area contributed by atoms with Gasteiger partial charge in [-0.2, -0.15) is 0 Å². The normalized spacial score (nSPS) is 12.6. The van der Waals surface area contributed by atoms with E-state index in [0.29, 0.717) is 5.75 Å². The number of aliphatic hydroxyl groups excluding tert-OH is 1. The first-order valence-electron chi connectivity index (χ1n) is 6.49. The minimum atomic E-state index is -0.770. The molecule has 3 rings (SSSR count). The van der Waals surface area contributed by atoms with Gasteiger partial charge in [0.1, 0.15) is 17.4 Å². The molecule has 3 heteroatoms. The van der Waals surface area contributed by atoms with E-state index in [0.717, 1.165) is 27.7 Å². The summed E-state index contributed by atoms with van der Waals surface area (Å²) in [5, 5.41) is 11.6. The van der Waals surface area contributed by atoms with Crippen LogP contribution in [0.4, 0.5) is 0 Å². The summed E-state index contributed by atoms with van der Waals surface area (Å²) < 4.78 is 10.8. The molecule has 2 aromatic carbocycles. The maximum Gasteiger partial charge on any atom is 0.134 e. The van der Waals surface area contributed by atoms with Crippen LogP contribution in [0.3, 0.4) is 0 Å². The second kappa shape index (κ2) is 5.02. The Balaban J connectivity index is 2.13. The third-order valence-corrected chi connectivity index (χ3v) is 3.49. The summed E-state index contributed by atoms with van der Waals surface area (Å²) in [6, 6.07) is 13.4. The largest absolute Gasteiger partial charge is 0.496 e. The number of benzene rings is 2. The minimum Gasteiger partial charge on any atom is -0.496 e. The highest BCUT2D eigenvalue weighted by molar-refractivity contribution is 5.81. The molecule has 1 heterocycles. The fraction of sp³-hybridized carbons (Fsp3) is 0.176. The van der Waals surface area contributed by atoms with E-state index in [4.69, 9.17) is 9.15 Å². The number of aryl methyl sites for hydroxylation is 1. The van der Waals surface area contributed by atoms with Gasteiger partial charge in [-0.25, -0.2) is 0 Å². The van der Waals surface area contributed by atoms with E-state index in [-0.39, 0.29) is 0 Å². The minimum absolute atomic E-state index is 0.674. The van der Waals surface area contributed by atoms with Crippen LogP contribution >= 0.6 is 0 Å². The first-order valence-corrected chi connectivity index (χ1v) is 6.49. The number of methoxy groups -OCH3 is 1. The zero-order valence-corrected chi connectivity index (χ0v) is 11.5. The van der Waals surface area contributed by atoms with Crippen LogP contribution in [0.5, 0.6) is 5.75 Å². The number of rotatable bonds is 3. The molecule has 20 heavy (non-hydrogen) atoms. The summed E-state index contributed by atoms with van der Waals surface area (Å²) in [6.45, 7) is 1.99. The van der Waals surface area contributed by atoms with Gasteiger partial charge in [0.05, 0.1) is 13.4 Å². The van der Waals surface area contributed by atoms with Crippen LogP contribution in [0.15, 0.2) is 53.1 Å². The highest BCUT2D eigenvalue weighted by atomic mass is 16.5. The van der Waals surface area contributed by atoms with E-state index in [1.807, 2.05) is 49.4 Å². The molecule has 0 amide bonds. The molecule has 0 bridgehead atoms. The Morgan fingerprint density at radius 1 is 1.10 bits per heavy atom. The van der Waals surface area contributed by atoms with Crippen LogP contribution < -0.4 is 4.74 Å². The molecule has 0 aliphatic heterocycles. The van der Waals surface area contributed by atoms with Crippen molar-refractivity contribution in [3.8, 4) is 5.75 Å². The molecule has 0 aliphatic carbocycles. The SMILES string of the molecule is COc1ccc(C)cc1C(O)c1coc2ccccc12. The topological polar surface area (TPSA) is 42.6 Å². The summed E-state index contributed by atoms with van der Waals surface area (Å²) in [4.78, 5) is 0. The van der Waals surface area contributed by atoms with Crippen molar-refractivity contribution in [1.82, 2.24) is 0 Å². The van der Waals surface area contributed by atoms with Crippen molar-refractivity contribution in [3.05, 3.63) is 65.4 Å². The fourth-order valence-corrected chi connectivity index (χ4v) is 2.45. The Kier molecular flexibility index (Phi) is 3.20. The van der Waals surface area contributed by atoms with Crippen LogP contribution in [0.1, 0.15) is 22.8 Å². The van der Waals surface area contributed by atoms with Crippen molar-refractivity contribution in [1.29, 1.82) is 0 Å².